The lowest BCUT2D eigenvalue weighted by Gasteiger charge is -2.14. The third-order valence-corrected chi connectivity index (χ3v) is 5.18. The van der Waals surface area contributed by atoms with Gasteiger partial charge in [0.1, 0.15) is 5.75 Å². The number of ketones is 1. The summed E-state index contributed by atoms with van der Waals surface area (Å²) < 4.78 is 6.88. The summed E-state index contributed by atoms with van der Waals surface area (Å²) in [5.41, 5.74) is 2.71. The fourth-order valence-electron chi connectivity index (χ4n) is 3.01. The minimum atomic E-state index is -0.127. The Labute approximate surface area is 162 Å². The van der Waals surface area contributed by atoms with Gasteiger partial charge in [-0.2, -0.15) is 0 Å². The number of nitrogens with zero attached hydrogens (tertiary/aromatic N) is 2. The number of aryl methyl sites for hydroxylation is 1. The van der Waals surface area contributed by atoms with Crippen molar-refractivity contribution in [3.8, 4) is 5.75 Å². The Morgan fingerprint density at radius 3 is 2.52 bits per heavy atom. The van der Waals surface area contributed by atoms with Crippen molar-refractivity contribution in [2.75, 3.05) is 12.9 Å². The highest BCUT2D eigenvalue weighted by molar-refractivity contribution is 7.99. The van der Waals surface area contributed by atoms with Crippen LogP contribution < -0.4 is 10.3 Å². The normalized spacial score (nSPS) is 11.0. The molecular formula is C21H22N2O3S. The zero-order valence-electron chi connectivity index (χ0n) is 15.9. The molecule has 0 spiro atoms. The fraction of sp³-hybridized carbons (Fsp3) is 0.286. The number of rotatable bonds is 6. The maximum absolute atomic E-state index is 13.3. The zero-order valence-corrected chi connectivity index (χ0v) is 16.7. The van der Waals surface area contributed by atoms with E-state index in [1.807, 2.05) is 44.2 Å². The molecule has 0 saturated heterocycles. The van der Waals surface area contributed by atoms with Crippen LogP contribution in [-0.2, 0) is 6.54 Å². The molecule has 0 amide bonds. The van der Waals surface area contributed by atoms with Crippen molar-refractivity contribution in [2.24, 2.45) is 0 Å². The lowest BCUT2D eigenvalue weighted by Crippen LogP contribution is -2.24. The Balaban J connectivity index is 2.21. The Hall–Kier alpha value is -2.60. The average Bonchev–Trinajstić information content (AvgIpc) is 2.65. The number of hydrogen-bond acceptors (Lipinski definition) is 5. The van der Waals surface area contributed by atoms with Crippen LogP contribution in [0.4, 0.5) is 0 Å². The second-order valence-electron chi connectivity index (χ2n) is 6.33. The Morgan fingerprint density at radius 1 is 1.22 bits per heavy atom. The number of benzene rings is 2. The van der Waals surface area contributed by atoms with Gasteiger partial charge in [-0.3, -0.25) is 14.2 Å². The van der Waals surface area contributed by atoms with Crippen molar-refractivity contribution < 1.29 is 9.53 Å². The molecule has 0 saturated carbocycles. The van der Waals surface area contributed by atoms with E-state index < -0.39 is 0 Å². The van der Waals surface area contributed by atoms with Gasteiger partial charge in [0.25, 0.3) is 5.56 Å². The number of carbonyl (C=O) groups is 1. The van der Waals surface area contributed by atoms with E-state index in [4.69, 9.17) is 9.72 Å². The molecule has 0 unspecified atom stereocenters. The first kappa shape index (κ1) is 19.2. The molecular weight excluding hydrogens is 360 g/mol. The minimum absolute atomic E-state index is 0.0871. The first-order valence-electron chi connectivity index (χ1n) is 8.76. The molecule has 140 valence electrons. The highest BCUT2D eigenvalue weighted by Crippen LogP contribution is 2.23. The number of ether oxygens (including phenoxy) is 1. The van der Waals surface area contributed by atoms with Crippen molar-refractivity contribution in [3.63, 3.8) is 0 Å². The monoisotopic (exact) mass is 382 g/mol. The Morgan fingerprint density at radius 2 is 1.93 bits per heavy atom. The molecule has 3 rings (SSSR count). The number of fused-ring (bicyclic) bond motifs is 1. The third-order valence-electron chi connectivity index (χ3n) is 4.32. The van der Waals surface area contributed by atoms with Crippen molar-refractivity contribution in [1.82, 2.24) is 9.55 Å². The molecule has 3 aromatic rings. The largest absolute Gasteiger partial charge is 0.497 e. The van der Waals surface area contributed by atoms with E-state index in [9.17, 15) is 9.59 Å². The number of methoxy groups -OCH3 is 1. The molecule has 0 atom stereocenters. The van der Waals surface area contributed by atoms with Crippen LogP contribution in [0, 0.1) is 6.92 Å². The Kier molecular flexibility index (Phi) is 5.65. The van der Waals surface area contributed by atoms with E-state index in [1.54, 1.807) is 17.7 Å². The predicted molar refractivity (Wildman–Crippen MR) is 109 cm³/mol. The maximum atomic E-state index is 13.3. The molecule has 2 aromatic carbocycles. The molecule has 5 nitrogen and oxygen atoms in total. The van der Waals surface area contributed by atoms with E-state index in [1.165, 1.54) is 18.7 Å². The number of aromatic nitrogens is 2. The zero-order chi connectivity index (χ0) is 19.6. The number of Topliss-reactive ketones (excluding diaryl/α,β-unsaturated/α-hetero) is 1. The standard InChI is InChI=1S/C21H22N2O3S/c1-5-27-21-22-19-17(14(3)24)10-13(2)11-18(19)20(25)23(21)12-15-6-8-16(26-4)9-7-15/h6-11H,5,12H2,1-4H3. The van der Waals surface area contributed by atoms with Gasteiger partial charge in [0, 0.05) is 5.56 Å². The lowest BCUT2D eigenvalue weighted by atomic mass is 10.0. The van der Waals surface area contributed by atoms with E-state index in [0.29, 0.717) is 28.2 Å². The molecule has 0 bridgehead atoms. The first-order chi connectivity index (χ1) is 12.9. The average molecular weight is 382 g/mol. The van der Waals surface area contributed by atoms with Crippen LogP contribution in [0.15, 0.2) is 46.3 Å². The summed E-state index contributed by atoms with van der Waals surface area (Å²) in [7, 11) is 1.62. The van der Waals surface area contributed by atoms with Crippen LogP contribution in [0.3, 0.4) is 0 Å². The second-order valence-corrected chi connectivity index (χ2v) is 7.56. The van der Waals surface area contributed by atoms with Crippen LogP contribution in [0.2, 0.25) is 0 Å². The summed E-state index contributed by atoms with van der Waals surface area (Å²) in [6.07, 6.45) is 0. The van der Waals surface area contributed by atoms with E-state index >= 15 is 0 Å². The van der Waals surface area contributed by atoms with Crippen LogP contribution in [0.1, 0.15) is 35.3 Å². The van der Waals surface area contributed by atoms with E-state index in [-0.39, 0.29) is 11.3 Å². The summed E-state index contributed by atoms with van der Waals surface area (Å²) in [5.74, 6) is 1.46. The molecule has 0 fully saturated rings. The predicted octanol–water partition coefficient (Wildman–Crippen LogP) is 4.08. The molecule has 27 heavy (non-hydrogen) atoms. The molecule has 1 heterocycles. The van der Waals surface area contributed by atoms with Gasteiger partial charge in [-0.25, -0.2) is 4.98 Å². The van der Waals surface area contributed by atoms with Gasteiger partial charge >= 0.3 is 0 Å². The van der Waals surface area contributed by atoms with Crippen LogP contribution in [-0.4, -0.2) is 28.2 Å². The molecule has 1 aromatic heterocycles. The van der Waals surface area contributed by atoms with Crippen molar-refractivity contribution >= 4 is 28.4 Å². The topological polar surface area (TPSA) is 61.2 Å². The summed E-state index contributed by atoms with van der Waals surface area (Å²) in [5, 5.41) is 1.10. The van der Waals surface area contributed by atoms with Gasteiger partial charge in [-0.15, -0.1) is 0 Å². The summed E-state index contributed by atoms with van der Waals surface area (Å²) >= 11 is 1.50. The smallest absolute Gasteiger partial charge is 0.262 e. The van der Waals surface area contributed by atoms with Crippen molar-refractivity contribution in [3.05, 3.63) is 63.4 Å². The van der Waals surface area contributed by atoms with E-state index in [2.05, 4.69) is 0 Å². The summed E-state index contributed by atoms with van der Waals surface area (Å²) in [6, 6.07) is 11.2. The highest BCUT2D eigenvalue weighted by atomic mass is 32.2. The first-order valence-corrected chi connectivity index (χ1v) is 9.75. The fourth-order valence-corrected chi connectivity index (χ4v) is 3.73. The number of hydrogen-bond donors (Lipinski definition) is 0. The quantitative estimate of drug-likeness (QED) is 0.365. The van der Waals surface area contributed by atoms with Gasteiger partial charge in [0.2, 0.25) is 0 Å². The molecule has 0 aliphatic carbocycles. The second kappa shape index (κ2) is 7.96. The van der Waals surface area contributed by atoms with Gasteiger partial charge in [0.05, 0.1) is 24.6 Å². The summed E-state index contributed by atoms with van der Waals surface area (Å²) in [6.45, 7) is 5.82. The number of thioether (sulfide) groups is 1. The molecule has 0 N–H and O–H groups in total. The number of carbonyl (C=O) groups excluding carboxylic acids is 1. The molecule has 0 radical (unpaired) electrons. The van der Waals surface area contributed by atoms with E-state index in [0.717, 1.165) is 22.6 Å². The van der Waals surface area contributed by atoms with Crippen molar-refractivity contribution in [2.45, 2.75) is 32.5 Å². The minimum Gasteiger partial charge on any atom is -0.497 e. The van der Waals surface area contributed by atoms with Crippen LogP contribution in [0.25, 0.3) is 10.9 Å². The van der Waals surface area contributed by atoms with Gasteiger partial charge < -0.3 is 4.74 Å². The maximum Gasteiger partial charge on any atom is 0.262 e. The van der Waals surface area contributed by atoms with Crippen LogP contribution >= 0.6 is 11.8 Å². The molecule has 0 aliphatic rings. The Bertz CT molecular complexity index is 1060. The lowest BCUT2D eigenvalue weighted by molar-refractivity contribution is 0.101. The van der Waals surface area contributed by atoms with Gasteiger partial charge in [-0.1, -0.05) is 30.8 Å². The van der Waals surface area contributed by atoms with Crippen molar-refractivity contribution in [1.29, 1.82) is 0 Å². The highest BCUT2D eigenvalue weighted by Gasteiger charge is 2.16. The third kappa shape index (κ3) is 3.90. The SMILES string of the molecule is CCSc1nc2c(C(C)=O)cc(C)cc2c(=O)n1Cc1ccc(OC)cc1. The van der Waals surface area contributed by atoms with Gasteiger partial charge in [-0.05, 0) is 55.0 Å². The molecule has 0 aliphatic heterocycles. The summed E-state index contributed by atoms with van der Waals surface area (Å²) in [4.78, 5) is 30.0. The van der Waals surface area contributed by atoms with Crippen LogP contribution in [0.5, 0.6) is 5.75 Å². The molecule has 6 heteroatoms. The van der Waals surface area contributed by atoms with Gasteiger partial charge in [0.15, 0.2) is 10.9 Å².